The Morgan fingerprint density at radius 3 is 2.33 bits per heavy atom. The Bertz CT molecular complexity index is 303. The summed E-state index contributed by atoms with van der Waals surface area (Å²) in [4.78, 5) is 0. The van der Waals surface area contributed by atoms with Gasteiger partial charge in [0.05, 0.1) is 0 Å². The topological polar surface area (TPSA) is 12.0 Å². The third kappa shape index (κ3) is 2.52. The molecule has 3 rings (SSSR count). The Morgan fingerprint density at radius 2 is 1.72 bits per heavy atom. The third-order valence-corrected chi connectivity index (χ3v) is 5.86. The monoisotopic (exact) mass is 247 g/mol. The number of hydrogen-bond acceptors (Lipinski definition) is 1. The molecule has 18 heavy (non-hydrogen) atoms. The van der Waals surface area contributed by atoms with Crippen molar-refractivity contribution in [3.63, 3.8) is 0 Å². The van der Waals surface area contributed by atoms with Crippen LogP contribution in [0.4, 0.5) is 0 Å². The van der Waals surface area contributed by atoms with E-state index in [1.165, 1.54) is 44.9 Å². The molecule has 1 heteroatoms. The molecule has 0 heterocycles. The van der Waals surface area contributed by atoms with Crippen LogP contribution >= 0.6 is 0 Å². The predicted molar refractivity (Wildman–Crippen MR) is 77.5 cm³/mol. The molecule has 1 nitrogen and oxygen atoms in total. The molecule has 2 fully saturated rings. The van der Waals surface area contributed by atoms with E-state index in [1.807, 2.05) is 0 Å². The van der Waals surface area contributed by atoms with E-state index in [2.05, 4.69) is 31.3 Å². The first-order valence-corrected chi connectivity index (χ1v) is 8.18. The van der Waals surface area contributed by atoms with Crippen molar-refractivity contribution in [1.82, 2.24) is 5.32 Å². The van der Waals surface area contributed by atoms with Crippen LogP contribution < -0.4 is 5.32 Å². The molecule has 0 aromatic rings. The average molecular weight is 247 g/mol. The van der Waals surface area contributed by atoms with E-state index in [0.29, 0.717) is 6.04 Å². The smallest absolute Gasteiger partial charge is 0.00754 e. The predicted octanol–water partition coefficient (Wildman–Crippen LogP) is 4.15. The van der Waals surface area contributed by atoms with Crippen LogP contribution in [0, 0.1) is 23.7 Å². The summed E-state index contributed by atoms with van der Waals surface area (Å²) in [5.74, 6) is 3.65. The van der Waals surface area contributed by atoms with E-state index < -0.39 is 0 Å². The van der Waals surface area contributed by atoms with Crippen molar-refractivity contribution >= 4 is 0 Å². The molecule has 2 bridgehead atoms. The molecule has 0 aromatic carbocycles. The van der Waals surface area contributed by atoms with Crippen molar-refractivity contribution in [1.29, 1.82) is 0 Å². The van der Waals surface area contributed by atoms with Gasteiger partial charge >= 0.3 is 0 Å². The van der Waals surface area contributed by atoms with Gasteiger partial charge in [-0.05, 0) is 63.2 Å². The summed E-state index contributed by atoms with van der Waals surface area (Å²) in [6, 6.07) is 1.44. The fourth-order valence-electron chi connectivity index (χ4n) is 4.71. The Balaban J connectivity index is 1.51. The summed E-state index contributed by atoms with van der Waals surface area (Å²) in [6.07, 6.45) is 15.1. The fraction of sp³-hybridized carbons (Fsp3) is 0.882. The van der Waals surface area contributed by atoms with Crippen molar-refractivity contribution in [2.45, 2.75) is 70.9 Å². The molecule has 3 aliphatic rings. The van der Waals surface area contributed by atoms with Gasteiger partial charge in [-0.2, -0.15) is 0 Å². The van der Waals surface area contributed by atoms with Crippen molar-refractivity contribution in [3.05, 3.63) is 12.2 Å². The van der Waals surface area contributed by atoms with Gasteiger partial charge in [-0.3, -0.25) is 0 Å². The molecule has 0 saturated heterocycles. The zero-order valence-corrected chi connectivity index (χ0v) is 12.1. The van der Waals surface area contributed by atoms with Crippen LogP contribution in [-0.2, 0) is 0 Å². The quantitative estimate of drug-likeness (QED) is 0.736. The number of rotatable bonds is 4. The van der Waals surface area contributed by atoms with Gasteiger partial charge in [-0.25, -0.2) is 0 Å². The van der Waals surface area contributed by atoms with Gasteiger partial charge in [0, 0.05) is 12.1 Å². The van der Waals surface area contributed by atoms with E-state index >= 15 is 0 Å². The molecule has 3 aliphatic carbocycles. The zero-order chi connectivity index (χ0) is 12.5. The number of allylic oxidation sites excluding steroid dienone is 2. The van der Waals surface area contributed by atoms with Crippen LogP contribution in [0.3, 0.4) is 0 Å². The average Bonchev–Trinajstić information content (AvgIpc) is 3.02. The van der Waals surface area contributed by atoms with E-state index in [4.69, 9.17) is 0 Å². The Labute approximate surface area is 112 Å². The van der Waals surface area contributed by atoms with Crippen molar-refractivity contribution in [3.8, 4) is 0 Å². The van der Waals surface area contributed by atoms with Crippen LogP contribution in [-0.4, -0.2) is 12.1 Å². The first-order valence-electron chi connectivity index (χ1n) is 8.18. The standard InChI is InChI=1S/C17H29N/c1-12(15-6-4-3-5-7-15)18-13(2)17-11-14-8-9-16(17)10-14/h8-9,12-18H,3-7,10-11H2,1-2H3. The highest BCUT2D eigenvalue weighted by atomic mass is 15.0. The van der Waals surface area contributed by atoms with Gasteiger partial charge in [-0.15, -0.1) is 0 Å². The van der Waals surface area contributed by atoms with Crippen LogP contribution in [0.25, 0.3) is 0 Å². The Morgan fingerprint density at radius 1 is 0.944 bits per heavy atom. The molecule has 0 amide bonds. The minimum Gasteiger partial charge on any atom is -0.311 e. The minimum absolute atomic E-state index is 0.710. The summed E-state index contributed by atoms with van der Waals surface area (Å²) in [7, 11) is 0. The second kappa shape index (κ2) is 5.36. The summed E-state index contributed by atoms with van der Waals surface area (Å²) >= 11 is 0. The van der Waals surface area contributed by atoms with E-state index in [0.717, 1.165) is 29.7 Å². The number of nitrogens with one attached hydrogen (secondary N) is 1. The molecule has 5 atom stereocenters. The van der Waals surface area contributed by atoms with Gasteiger partial charge in [0.2, 0.25) is 0 Å². The summed E-state index contributed by atoms with van der Waals surface area (Å²) in [6.45, 7) is 4.86. The van der Waals surface area contributed by atoms with Crippen molar-refractivity contribution in [2.75, 3.05) is 0 Å². The number of hydrogen-bond donors (Lipinski definition) is 1. The second-order valence-electron chi connectivity index (χ2n) is 7.09. The second-order valence-corrected chi connectivity index (χ2v) is 7.09. The van der Waals surface area contributed by atoms with E-state index in [9.17, 15) is 0 Å². The lowest BCUT2D eigenvalue weighted by Gasteiger charge is -2.34. The lowest BCUT2D eigenvalue weighted by Crippen LogP contribution is -2.44. The summed E-state index contributed by atoms with van der Waals surface area (Å²) < 4.78 is 0. The van der Waals surface area contributed by atoms with Gasteiger partial charge in [0.1, 0.15) is 0 Å². The third-order valence-electron chi connectivity index (χ3n) is 5.86. The molecule has 0 radical (unpaired) electrons. The first kappa shape index (κ1) is 12.7. The molecule has 0 spiro atoms. The molecular weight excluding hydrogens is 218 g/mol. The lowest BCUT2D eigenvalue weighted by molar-refractivity contribution is 0.231. The maximum Gasteiger partial charge on any atom is 0.00754 e. The highest BCUT2D eigenvalue weighted by Gasteiger charge is 2.39. The normalized spacial score (nSPS) is 39.1. The van der Waals surface area contributed by atoms with Gasteiger partial charge in [-0.1, -0.05) is 31.4 Å². The lowest BCUT2D eigenvalue weighted by atomic mass is 9.82. The number of fused-ring (bicyclic) bond motifs is 2. The van der Waals surface area contributed by atoms with Crippen LogP contribution in [0.5, 0.6) is 0 Å². The molecule has 2 saturated carbocycles. The van der Waals surface area contributed by atoms with Crippen molar-refractivity contribution < 1.29 is 0 Å². The molecule has 0 aromatic heterocycles. The summed E-state index contributed by atoms with van der Waals surface area (Å²) in [5.41, 5.74) is 0. The largest absolute Gasteiger partial charge is 0.311 e. The van der Waals surface area contributed by atoms with Crippen molar-refractivity contribution in [2.24, 2.45) is 23.7 Å². The maximum atomic E-state index is 3.94. The first-order chi connectivity index (χ1) is 8.74. The molecule has 102 valence electrons. The Hall–Kier alpha value is -0.300. The van der Waals surface area contributed by atoms with E-state index in [-0.39, 0.29) is 0 Å². The molecule has 1 N–H and O–H groups in total. The molecule has 0 aliphatic heterocycles. The highest BCUT2D eigenvalue weighted by Crippen LogP contribution is 2.45. The van der Waals surface area contributed by atoms with Crippen LogP contribution in [0.1, 0.15) is 58.8 Å². The molecular formula is C17H29N. The van der Waals surface area contributed by atoms with Gasteiger partial charge in [0.25, 0.3) is 0 Å². The fourth-order valence-corrected chi connectivity index (χ4v) is 4.71. The van der Waals surface area contributed by atoms with Gasteiger partial charge < -0.3 is 5.32 Å². The minimum atomic E-state index is 0.710. The Kier molecular flexibility index (Phi) is 3.79. The zero-order valence-electron chi connectivity index (χ0n) is 12.1. The van der Waals surface area contributed by atoms with Crippen LogP contribution in [0.2, 0.25) is 0 Å². The van der Waals surface area contributed by atoms with Gasteiger partial charge in [0.15, 0.2) is 0 Å². The van der Waals surface area contributed by atoms with Crippen LogP contribution in [0.15, 0.2) is 12.2 Å². The maximum absolute atomic E-state index is 3.94. The molecule has 5 unspecified atom stereocenters. The summed E-state index contributed by atoms with van der Waals surface area (Å²) in [5, 5.41) is 3.94. The SMILES string of the molecule is CC(NC(C)C1CC2C=CC1C2)C1CCCCC1. The highest BCUT2D eigenvalue weighted by molar-refractivity contribution is 5.11. The van der Waals surface area contributed by atoms with E-state index in [1.54, 1.807) is 0 Å².